The summed E-state index contributed by atoms with van der Waals surface area (Å²) in [5, 5.41) is 11.9. The van der Waals surface area contributed by atoms with Crippen molar-refractivity contribution in [2.75, 3.05) is 6.54 Å². The highest BCUT2D eigenvalue weighted by Crippen LogP contribution is 2.23. The van der Waals surface area contributed by atoms with Crippen molar-refractivity contribution in [3.63, 3.8) is 0 Å². The van der Waals surface area contributed by atoms with E-state index in [9.17, 15) is 9.59 Å². The summed E-state index contributed by atoms with van der Waals surface area (Å²) in [5.41, 5.74) is 2.03. The van der Waals surface area contributed by atoms with Gasteiger partial charge in [0.2, 0.25) is 5.91 Å². The Labute approximate surface area is 157 Å². The predicted octanol–water partition coefficient (Wildman–Crippen LogP) is 3.52. The maximum Gasteiger partial charge on any atom is 0.303 e. The van der Waals surface area contributed by atoms with E-state index in [0.29, 0.717) is 12.8 Å². The fourth-order valence-electron chi connectivity index (χ4n) is 3.46. The Morgan fingerprint density at radius 1 is 1.23 bits per heavy atom. The minimum Gasteiger partial charge on any atom is -0.481 e. The van der Waals surface area contributed by atoms with Gasteiger partial charge in [-0.2, -0.15) is 0 Å². The summed E-state index contributed by atoms with van der Waals surface area (Å²) < 4.78 is 0. The van der Waals surface area contributed by atoms with Gasteiger partial charge < -0.3 is 10.0 Å². The molecule has 1 aromatic heterocycles. The molecule has 1 N–H and O–H groups in total. The molecule has 138 valence electrons. The van der Waals surface area contributed by atoms with Gasteiger partial charge in [0.25, 0.3) is 0 Å². The summed E-state index contributed by atoms with van der Waals surface area (Å²) in [4.78, 5) is 30.1. The van der Waals surface area contributed by atoms with E-state index < -0.39 is 5.97 Å². The molecule has 6 heteroatoms. The molecule has 0 radical (unpaired) electrons. The average molecular weight is 372 g/mol. The molecular weight excluding hydrogens is 348 g/mol. The number of piperidine rings is 1. The number of hydrogen-bond acceptors (Lipinski definition) is 4. The lowest BCUT2D eigenvalue weighted by Gasteiger charge is -2.35. The third kappa shape index (κ3) is 5.14. The lowest BCUT2D eigenvalue weighted by atomic mass is 9.97. The molecule has 1 fully saturated rings. The quantitative estimate of drug-likeness (QED) is 0.807. The Kier molecular flexibility index (Phi) is 6.39. The lowest BCUT2D eigenvalue weighted by molar-refractivity contribution is -0.139. The van der Waals surface area contributed by atoms with Gasteiger partial charge in [0.1, 0.15) is 0 Å². The fourth-order valence-corrected chi connectivity index (χ4v) is 4.29. The molecule has 1 saturated heterocycles. The number of likely N-dealkylation sites (tertiary alicyclic amines) is 1. The second kappa shape index (κ2) is 8.94. The molecule has 1 aromatic carbocycles. The number of carbonyl (C=O) groups excluding carboxylic acids is 1. The second-order valence-corrected chi connectivity index (χ2v) is 7.68. The number of amides is 1. The number of aromatic nitrogens is 1. The van der Waals surface area contributed by atoms with Crippen molar-refractivity contribution < 1.29 is 14.7 Å². The topological polar surface area (TPSA) is 70.5 Å². The van der Waals surface area contributed by atoms with Crippen LogP contribution >= 0.6 is 11.3 Å². The van der Waals surface area contributed by atoms with Crippen molar-refractivity contribution >= 4 is 23.2 Å². The van der Waals surface area contributed by atoms with E-state index in [1.807, 2.05) is 28.5 Å². The minimum atomic E-state index is -0.798. The monoisotopic (exact) mass is 372 g/mol. The summed E-state index contributed by atoms with van der Waals surface area (Å²) in [7, 11) is 0. The largest absolute Gasteiger partial charge is 0.481 e. The summed E-state index contributed by atoms with van der Waals surface area (Å²) in [6.45, 7) is 0.726. The molecule has 1 amide bonds. The van der Waals surface area contributed by atoms with Crippen LogP contribution in [0.1, 0.15) is 48.4 Å². The van der Waals surface area contributed by atoms with Gasteiger partial charge >= 0.3 is 5.97 Å². The van der Waals surface area contributed by atoms with Crippen molar-refractivity contribution in [2.24, 2.45) is 0 Å². The Balaban J connectivity index is 1.59. The predicted molar refractivity (Wildman–Crippen MR) is 101 cm³/mol. The number of hydrogen-bond donors (Lipinski definition) is 1. The zero-order valence-corrected chi connectivity index (χ0v) is 15.6. The number of carbonyl (C=O) groups is 2. The fraction of sp³-hybridized carbons (Fsp3) is 0.450. The molecule has 2 aromatic rings. The number of rotatable bonds is 7. The zero-order valence-electron chi connectivity index (χ0n) is 14.8. The standard InChI is InChI=1S/C20H24N2O3S/c23-19(22-11-5-4-8-17(22)9-10-20(24)25)13-16-14-26-18(21-16)12-15-6-2-1-3-7-15/h1-3,6-7,14,17H,4-5,8-13H2,(H,24,25). The number of benzene rings is 1. The van der Waals surface area contributed by atoms with Crippen molar-refractivity contribution in [1.29, 1.82) is 0 Å². The highest BCUT2D eigenvalue weighted by molar-refractivity contribution is 7.09. The molecule has 0 aliphatic carbocycles. The maximum atomic E-state index is 12.7. The van der Waals surface area contributed by atoms with Crippen LogP contribution in [0.2, 0.25) is 0 Å². The van der Waals surface area contributed by atoms with E-state index in [0.717, 1.165) is 42.9 Å². The number of thiazole rings is 1. The molecule has 0 saturated carbocycles. The molecule has 1 aliphatic rings. The SMILES string of the molecule is O=C(O)CCC1CCCCN1C(=O)Cc1csc(Cc2ccccc2)n1. The number of aliphatic carboxylic acids is 1. The Hall–Kier alpha value is -2.21. The highest BCUT2D eigenvalue weighted by atomic mass is 32.1. The summed E-state index contributed by atoms with van der Waals surface area (Å²) in [6.07, 6.45) is 4.69. The lowest BCUT2D eigenvalue weighted by Crippen LogP contribution is -2.44. The van der Waals surface area contributed by atoms with E-state index in [4.69, 9.17) is 5.11 Å². The minimum absolute atomic E-state index is 0.0507. The van der Waals surface area contributed by atoms with Crippen molar-refractivity contribution in [2.45, 2.75) is 51.0 Å². The summed E-state index contributed by atoms with van der Waals surface area (Å²) in [5.74, 6) is -0.732. The van der Waals surface area contributed by atoms with Crippen molar-refractivity contribution in [1.82, 2.24) is 9.88 Å². The van der Waals surface area contributed by atoms with Gasteiger partial charge in [0, 0.05) is 30.8 Å². The van der Waals surface area contributed by atoms with Crippen LogP contribution in [0.5, 0.6) is 0 Å². The van der Waals surface area contributed by atoms with Gasteiger partial charge in [-0.05, 0) is 31.2 Å². The summed E-state index contributed by atoms with van der Waals surface area (Å²) >= 11 is 1.59. The van der Waals surface area contributed by atoms with Gasteiger partial charge in [-0.3, -0.25) is 9.59 Å². The van der Waals surface area contributed by atoms with Crippen LogP contribution in [-0.2, 0) is 22.4 Å². The third-order valence-corrected chi connectivity index (χ3v) is 5.67. The Morgan fingerprint density at radius 2 is 2.04 bits per heavy atom. The normalized spacial score (nSPS) is 17.2. The smallest absolute Gasteiger partial charge is 0.303 e. The van der Waals surface area contributed by atoms with Crippen molar-refractivity contribution in [3.8, 4) is 0 Å². The second-order valence-electron chi connectivity index (χ2n) is 6.74. The van der Waals surface area contributed by atoms with Gasteiger partial charge in [-0.25, -0.2) is 4.98 Å². The first-order valence-electron chi connectivity index (χ1n) is 9.10. The maximum absolute atomic E-state index is 12.7. The zero-order chi connectivity index (χ0) is 18.4. The molecule has 1 atom stereocenters. The van der Waals surface area contributed by atoms with E-state index in [1.54, 1.807) is 11.3 Å². The summed E-state index contributed by atoms with van der Waals surface area (Å²) in [6, 6.07) is 10.2. The number of nitrogens with zero attached hydrogens (tertiary/aromatic N) is 2. The number of carboxylic acids is 1. The van der Waals surface area contributed by atoms with Gasteiger partial charge in [-0.15, -0.1) is 11.3 Å². The molecule has 1 aliphatic heterocycles. The molecule has 5 nitrogen and oxygen atoms in total. The first-order valence-corrected chi connectivity index (χ1v) is 9.98. The average Bonchev–Trinajstić information content (AvgIpc) is 3.07. The Bertz CT molecular complexity index is 745. The van der Waals surface area contributed by atoms with Gasteiger partial charge in [-0.1, -0.05) is 30.3 Å². The van der Waals surface area contributed by atoms with E-state index in [2.05, 4.69) is 17.1 Å². The van der Waals surface area contributed by atoms with Crippen LogP contribution < -0.4 is 0 Å². The first-order chi connectivity index (χ1) is 12.6. The molecule has 2 heterocycles. The van der Waals surface area contributed by atoms with Crippen LogP contribution in [0.15, 0.2) is 35.7 Å². The van der Waals surface area contributed by atoms with Crippen LogP contribution in [-0.4, -0.2) is 39.5 Å². The first kappa shape index (κ1) is 18.6. The molecule has 0 spiro atoms. The van der Waals surface area contributed by atoms with Crippen LogP contribution in [0.25, 0.3) is 0 Å². The van der Waals surface area contributed by atoms with E-state index >= 15 is 0 Å². The van der Waals surface area contributed by atoms with Crippen LogP contribution in [0.4, 0.5) is 0 Å². The Morgan fingerprint density at radius 3 is 2.81 bits per heavy atom. The molecule has 0 bridgehead atoms. The van der Waals surface area contributed by atoms with Crippen LogP contribution in [0.3, 0.4) is 0 Å². The molecule has 1 unspecified atom stereocenters. The van der Waals surface area contributed by atoms with E-state index in [1.165, 1.54) is 5.56 Å². The van der Waals surface area contributed by atoms with Crippen LogP contribution in [0, 0.1) is 0 Å². The number of carboxylic acid groups (broad SMARTS) is 1. The van der Waals surface area contributed by atoms with Crippen molar-refractivity contribution in [3.05, 3.63) is 52.0 Å². The molecule has 26 heavy (non-hydrogen) atoms. The van der Waals surface area contributed by atoms with E-state index in [-0.39, 0.29) is 18.4 Å². The third-order valence-electron chi connectivity index (χ3n) is 4.77. The molecule has 3 rings (SSSR count). The highest BCUT2D eigenvalue weighted by Gasteiger charge is 2.27. The van der Waals surface area contributed by atoms with Gasteiger partial charge in [0.05, 0.1) is 17.1 Å². The van der Waals surface area contributed by atoms with Gasteiger partial charge in [0.15, 0.2) is 0 Å². The molecular formula is C20H24N2O3S.